The summed E-state index contributed by atoms with van der Waals surface area (Å²) in [5.41, 5.74) is 11.7. The van der Waals surface area contributed by atoms with Crippen LogP contribution in [-0.4, -0.2) is 29.2 Å². The first-order valence-electron chi connectivity index (χ1n) is 6.47. The van der Waals surface area contributed by atoms with Gasteiger partial charge in [0, 0.05) is 12.1 Å². The Morgan fingerprint density at radius 1 is 1.30 bits per heavy atom. The Bertz CT molecular complexity index is 583. The van der Waals surface area contributed by atoms with E-state index < -0.39 is 17.7 Å². The molecule has 0 spiro atoms. The first-order valence-corrected chi connectivity index (χ1v) is 6.47. The number of amides is 3. The van der Waals surface area contributed by atoms with Gasteiger partial charge in [0.05, 0.1) is 11.1 Å². The lowest BCUT2D eigenvalue weighted by molar-refractivity contribution is -0.126. The lowest BCUT2D eigenvalue weighted by atomic mass is 10.1. The molecule has 0 radical (unpaired) electrons. The van der Waals surface area contributed by atoms with Crippen LogP contribution in [0.1, 0.15) is 40.5 Å². The molecule has 0 saturated heterocycles. The molecule has 1 aliphatic heterocycles. The molecule has 20 heavy (non-hydrogen) atoms. The van der Waals surface area contributed by atoms with Gasteiger partial charge in [-0.15, -0.1) is 0 Å². The maximum Gasteiger partial charge on any atom is 0.270 e. The highest BCUT2D eigenvalue weighted by molar-refractivity contribution is 6.30. The normalized spacial score (nSPS) is 15.4. The fraction of sp³-hybridized carbons (Fsp3) is 0.357. The number of imide groups is 3. The minimum atomic E-state index is -0.631. The molecule has 6 nitrogen and oxygen atoms in total. The zero-order valence-electron chi connectivity index (χ0n) is 11.3. The second-order valence-electron chi connectivity index (χ2n) is 4.99. The van der Waals surface area contributed by atoms with Crippen molar-refractivity contribution in [2.24, 2.45) is 11.7 Å². The van der Waals surface area contributed by atoms with E-state index in [1.54, 1.807) is 6.07 Å². The van der Waals surface area contributed by atoms with Crippen molar-refractivity contribution in [3.8, 4) is 0 Å². The average Bonchev–Trinajstić information content (AvgIpc) is 2.69. The van der Waals surface area contributed by atoms with Gasteiger partial charge in [-0.05, 0) is 31.0 Å². The molecule has 1 aromatic carbocycles. The minimum Gasteiger partial charge on any atom is -0.398 e. The van der Waals surface area contributed by atoms with Gasteiger partial charge in [-0.25, -0.2) is 4.90 Å². The molecule has 1 aromatic rings. The van der Waals surface area contributed by atoms with Gasteiger partial charge < -0.3 is 11.5 Å². The van der Waals surface area contributed by atoms with Crippen LogP contribution in [0.3, 0.4) is 0 Å². The van der Waals surface area contributed by atoms with Crippen molar-refractivity contribution in [3.05, 3.63) is 29.3 Å². The minimum absolute atomic E-state index is 0.115. The van der Waals surface area contributed by atoms with Crippen molar-refractivity contribution in [2.75, 3.05) is 12.3 Å². The lowest BCUT2D eigenvalue weighted by Gasteiger charge is -2.13. The molecule has 1 atom stereocenters. The van der Waals surface area contributed by atoms with Crippen LogP contribution in [0, 0.1) is 5.92 Å². The number of hydrogen-bond acceptors (Lipinski definition) is 5. The molecule has 1 unspecified atom stereocenters. The van der Waals surface area contributed by atoms with Gasteiger partial charge in [-0.2, -0.15) is 0 Å². The lowest BCUT2D eigenvalue weighted by Crippen LogP contribution is -2.36. The number of fused-ring (bicyclic) bond motifs is 1. The Kier molecular flexibility index (Phi) is 3.85. The first kappa shape index (κ1) is 14.2. The van der Waals surface area contributed by atoms with Crippen molar-refractivity contribution >= 4 is 23.4 Å². The number of hydrogen-bond donors (Lipinski definition) is 2. The largest absolute Gasteiger partial charge is 0.398 e. The van der Waals surface area contributed by atoms with E-state index in [1.165, 1.54) is 12.1 Å². The molecule has 0 aromatic heterocycles. The van der Waals surface area contributed by atoms with E-state index in [9.17, 15) is 14.4 Å². The van der Waals surface area contributed by atoms with Crippen molar-refractivity contribution in [2.45, 2.75) is 19.8 Å². The smallest absolute Gasteiger partial charge is 0.270 e. The van der Waals surface area contributed by atoms with E-state index >= 15 is 0 Å². The first-order chi connectivity index (χ1) is 9.47. The summed E-state index contributed by atoms with van der Waals surface area (Å²) in [6.07, 6.45) is 0.655. The molecule has 4 N–H and O–H groups in total. The molecule has 0 aliphatic carbocycles. The molecule has 3 amide bonds. The third-order valence-electron chi connectivity index (χ3n) is 3.45. The summed E-state index contributed by atoms with van der Waals surface area (Å²) in [5.74, 6) is -1.56. The zero-order chi connectivity index (χ0) is 14.9. The predicted octanol–water partition coefficient (Wildman–Crippen LogP) is 0.766. The van der Waals surface area contributed by atoms with Crippen molar-refractivity contribution in [3.63, 3.8) is 0 Å². The van der Waals surface area contributed by atoms with E-state index in [4.69, 9.17) is 11.5 Å². The molecule has 0 saturated carbocycles. The van der Waals surface area contributed by atoms with Gasteiger partial charge in [0.25, 0.3) is 11.8 Å². The summed E-state index contributed by atoms with van der Waals surface area (Å²) in [6.45, 7) is 2.37. The molecule has 1 heterocycles. The molecule has 6 heteroatoms. The molecule has 2 rings (SSSR count). The SMILES string of the molecule is CC(CN)CCC(=O)N1C(=O)c2cccc(N)c2C1=O. The highest BCUT2D eigenvalue weighted by atomic mass is 16.2. The predicted molar refractivity (Wildman–Crippen MR) is 73.8 cm³/mol. The Hall–Kier alpha value is -2.21. The summed E-state index contributed by atoms with van der Waals surface area (Å²) < 4.78 is 0. The fourth-order valence-electron chi connectivity index (χ4n) is 2.14. The van der Waals surface area contributed by atoms with Crippen LogP contribution in [0.15, 0.2) is 18.2 Å². The highest BCUT2D eigenvalue weighted by Gasteiger charge is 2.40. The number of benzene rings is 1. The molecule has 1 aliphatic rings. The topological polar surface area (TPSA) is 106 Å². The number of carbonyl (C=O) groups is 3. The summed E-state index contributed by atoms with van der Waals surface area (Å²) in [6, 6.07) is 4.63. The quantitative estimate of drug-likeness (QED) is 0.623. The van der Waals surface area contributed by atoms with Crippen LogP contribution in [0.5, 0.6) is 0 Å². The summed E-state index contributed by atoms with van der Waals surface area (Å²) in [7, 11) is 0. The third kappa shape index (κ3) is 2.30. The zero-order valence-corrected chi connectivity index (χ0v) is 11.3. The van der Waals surface area contributed by atoms with E-state index in [2.05, 4.69) is 0 Å². The maximum atomic E-state index is 12.2. The van der Waals surface area contributed by atoms with Gasteiger partial charge in [-0.1, -0.05) is 13.0 Å². The monoisotopic (exact) mass is 275 g/mol. The second-order valence-corrected chi connectivity index (χ2v) is 4.99. The number of anilines is 1. The molecule has 0 bridgehead atoms. The number of carbonyl (C=O) groups excluding carboxylic acids is 3. The van der Waals surface area contributed by atoms with Crippen molar-refractivity contribution < 1.29 is 14.4 Å². The molecule has 0 fully saturated rings. The number of nitrogens with zero attached hydrogens (tertiary/aromatic N) is 1. The summed E-state index contributed by atoms with van der Waals surface area (Å²) in [5, 5.41) is 0. The van der Waals surface area contributed by atoms with Gasteiger partial charge >= 0.3 is 0 Å². The van der Waals surface area contributed by atoms with E-state index in [1.807, 2.05) is 6.92 Å². The summed E-state index contributed by atoms with van der Waals surface area (Å²) in [4.78, 5) is 37.0. The van der Waals surface area contributed by atoms with Crippen LogP contribution >= 0.6 is 0 Å². The third-order valence-corrected chi connectivity index (χ3v) is 3.45. The van der Waals surface area contributed by atoms with E-state index in [-0.39, 0.29) is 29.2 Å². The van der Waals surface area contributed by atoms with Crippen molar-refractivity contribution in [1.29, 1.82) is 0 Å². The Morgan fingerprint density at radius 3 is 2.60 bits per heavy atom. The molecular weight excluding hydrogens is 258 g/mol. The van der Waals surface area contributed by atoms with Gasteiger partial charge in [-0.3, -0.25) is 14.4 Å². The fourth-order valence-corrected chi connectivity index (χ4v) is 2.14. The number of nitrogens with two attached hydrogens (primary N) is 2. The number of rotatable bonds is 4. The Balaban J connectivity index is 2.20. The van der Waals surface area contributed by atoms with Crippen LogP contribution in [0.2, 0.25) is 0 Å². The van der Waals surface area contributed by atoms with Crippen LogP contribution in [-0.2, 0) is 4.79 Å². The van der Waals surface area contributed by atoms with Crippen LogP contribution < -0.4 is 11.5 Å². The van der Waals surface area contributed by atoms with Gasteiger partial charge in [0.2, 0.25) is 5.91 Å². The molecular formula is C14H17N3O3. The van der Waals surface area contributed by atoms with Gasteiger partial charge in [0.15, 0.2) is 0 Å². The van der Waals surface area contributed by atoms with Crippen molar-refractivity contribution in [1.82, 2.24) is 4.90 Å². The number of nitrogen functional groups attached to an aromatic ring is 1. The Labute approximate surface area is 116 Å². The van der Waals surface area contributed by atoms with Crippen LogP contribution in [0.4, 0.5) is 5.69 Å². The molecule has 106 valence electrons. The van der Waals surface area contributed by atoms with E-state index in [0.717, 1.165) is 0 Å². The van der Waals surface area contributed by atoms with Gasteiger partial charge in [0.1, 0.15) is 0 Å². The highest BCUT2D eigenvalue weighted by Crippen LogP contribution is 2.28. The summed E-state index contributed by atoms with van der Waals surface area (Å²) >= 11 is 0. The van der Waals surface area contributed by atoms with Crippen LogP contribution in [0.25, 0.3) is 0 Å². The maximum absolute atomic E-state index is 12.2. The Morgan fingerprint density at radius 2 is 2.00 bits per heavy atom. The standard InChI is InChI=1S/C14H17N3O3/c1-8(7-15)5-6-11(18)17-13(19)9-3-2-4-10(16)12(9)14(17)20/h2-4,8H,5-7,15-16H2,1H3. The average molecular weight is 275 g/mol. The van der Waals surface area contributed by atoms with E-state index in [0.29, 0.717) is 17.9 Å². The second kappa shape index (κ2) is 5.42.